The van der Waals surface area contributed by atoms with E-state index >= 15 is 0 Å². The molecular formula is C23H24N2OS2. The lowest BCUT2D eigenvalue weighted by Gasteiger charge is -2.32. The zero-order chi connectivity index (χ0) is 19.2. The summed E-state index contributed by atoms with van der Waals surface area (Å²) in [7, 11) is 0. The van der Waals surface area contributed by atoms with E-state index in [-0.39, 0.29) is 5.91 Å². The van der Waals surface area contributed by atoms with E-state index < -0.39 is 0 Å². The third kappa shape index (κ3) is 4.83. The molecule has 0 saturated carbocycles. The molecule has 3 aromatic rings. The van der Waals surface area contributed by atoms with Crippen molar-refractivity contribution >= 4 is 29.0 Å². The van der Waals surface area contributed by atoms with Gasteiger partial charge >= 0.3 is 0 Å². The summed E-state index contributed by atoms with van der Waals surface area (Å²) in [5, 5.41) is 2.06. The second kappa shape index (κ2) is 9.39. The molecule has 0 N–H and O–H groups in total. The van der Waals surface area contributed by atoms with Crippen LogP contribution in [0.1, 0.15) is 34.5 Å². The minimum absolute atomic E-state index is 0.166. The van der Waals surface area contributed by atoms with E-state index in [9.17, 15) is 4.79 Å². The summed E-state index contributed by atoms with van der Waals surface area (Å²) < 4.78 is 0. The van der Waals surface area contributed by atoms with Crippen LogP contribution in [-0.4, -0.2) is 28.9 Å². The summed E-state index contributed by atoms with van der Waals surface area (Å²) in [6.07, 6.45) is 3.27. The number of carbonyl (C=O) groups excluding carboxylic acids is 1. The summed E-state index contributed by atoms with van der Waals surface area (Å²) in [5.74, 6) is 1.63. The summed E-state index contributed by atoms with van der Waals surface area (Å²) in [5.41, 5.74) is 5.14. The standard InChI is InChI=1S/C23H24N2OS2/c26-23(21-8-4-5-9-22(21)28-16-20-15-27-17-24-20)25-12-10-19(11-13-25)14-18-6-2-1-3-7-18/h1-9,15,17,19H,10-14,16H2. The van der Waals surface area contributed by atoms with E-state index in [0.717, 1.165) is 54.3 Å². The molecule has 3 nitrogen and oxygen atoms in total. The number of piperidine rings is 1. The molecule has 144 valence electrons. The minimum atomic E-state index is 0.166. The molecule has 0 radical (unpaired) electrons. The number of benzene rings is 2. The predicted molar refractivity (Wildman–Crippen MR) is 117 cm³/mol. The van der Waals surface area contributed by atoms with Crippen molar-refractivity contribution in [1.82, 2.24) is 9.88 Å². The van der Waals surface area contributed by atoms with E-state index in [1.165, 1.54) is 5.56 Å². The van der Waals surface area contributed by atoms with Crippen molar-refractivity contribution in [3.63, 3.8) is 0 Å². The average molecular weight is 409 g/mol. The van der Waals surface area contributed by atoms with Crippen molar-refractivity contribution in [2.24, 2.45) is 5.92 Å². The fourth-order valence-corrected chi connectivity index (χ4v) is 5.30. The molecule has 1 amide bonds. The molecule has 2 heterocycles. The fourth-order valence-electron chi connectivity index (χ4n) is 3.69. The van der Waals surface area contributed by atoms with E-state index in [1.54, 1.807) is 23.1 Å². The first-order valence-electron chi connectivity index (χ1n) is 9.71. The highest BCUT2D eigenvalue weighted by atomic mass is 32.2. The monoisotopic (exact) mass is 408 g/mol. The van der Waals surface area contributed by atoms with Crippen LogP contribution in [0.5, 0.6) is 0 Å². The normalized spacial score (nSPS) is 14.9. The average Bonchev–Trinajstić information content (AvgIpc) is 3.27. The van der Waals surface area contributed by atoms with Crippen LogP contribution in [0.2, 0.25) is 0 Å². The van der Waals surface area contributed by atoms with E-state index in [2.05, 4.69) is 40.7 Å². The lowest BCUT2D eigenvalue weighted by molar-refractivity contribution is 0.0687. The van der Waals surface area contributed by atoms with Crippen LogP contribution in [0.4, 0.5) is 0 Å². The van der Waals surface area contributed by atoms with Gasteiger partial charge in [-0.15, -0.1) is 23.1 Å². The molecule has 0 spiro atoms. The van der Waals surface area contributed by atoms with Crippen molar-refractivity contribution in [3.05, 3.63) is 82.3 Å². The van der Waals surface area contributed by atoms with Gasteiger partial charge in [0.25, 0.3) is 5.91 Å². The van der Waals surface area contributed by atoms with Crippen LogP contribution < -0.4 is 0 Å². The molecule has 0 bridgehead atoms. The Hall–Kier alpha value is -2.11. The fraction of sp³-hybridized carbons (Fsp3) is 0.304. The third-order valence-electron chi connectivity index (χ3n) is 5.25. The zero-order valence-corrected chi connectivity index (χ0v) is 17.4. The van der Waals surface area contributed by atoms with Gasteiger partial charge in [0.1, 0.15) is 0 Å². The van der Waals surface area contributed by atoms with Crippen molar-refractivity contribution in [2.45, 2.75) is 29.9 Å². The van der Waals surface area contributed by atoms with Crippen LogP contribution in [-0.2, 0) is 12.2 Å². The Bertz CT molecular complexity index is 888. The van der Waals surface area contributed by atoms with Crippen LogP contribution in [0, 0.1) is 5.92 Å². The Labute approximate surface area is 174 Å². The summed E-state index contributed by atoms with van der Waals surface area (Å²) >= 11 is 3.31. The molecule has 0 aliphatic carbocycles. The molecule has 1 aromatic heterocycles. The van der Waals surface area contributed by atoms with Crippen LogP contribution in [0.25, 0.3) is 0 Å². The van der Waals surface area contributed by atoms with Crippen molar-refractivity contribution < 1.29 is 4.79 Å². The first kappa shape index (κ1) is 19.2. The Morgan fingerprint density at radius 2 is 1.82 bits per heavy atom. The van der Waals surface area contributed by atoms with Gasteiger partial charge in [-0.1, -0.05) is 42.5 Å². The van der Waals surface area contributed by atoms with Gasteiger partial charge in [0.2, 0.25) is 0 Å². The summed E-state index contributed by atoms with van der Waals surface area (Å²) in [6, 6.07) is 18.7. The molecule has 4 rings (SSSR count). The van der Waals surface area contributed by atoms with E-state index in [4.69, 9.17) is 0 Å². The Morgan fingerprint density at radius 3 is 2.57 bits per heavy atom. The number of amides is 1. The number of aromatic nitrogens is 1. The van der Waals surface area contributed by atoms with Gasteiger partial charge in [-0.25, -0.2) is 4.98 Å². The lowest BCUT2D eigenvalue weighted by Crippen LogP contribution is -2.39. The van der Waals surface area contributed by atoms with Gasteiger partial charge < -0.3 is 4.90 Å². The highest BCUT2D eigenvalue weighted by Gasteiger charge is 2.25. The van der Waals surface area contributed by atoms with Gasteiger partial charge in [-0.05, 0) is 42.9 Å². The Kier molecular flexibility index (Phi) is 6.45. The van der Waals surface area contributed by atoms with Gasteiger partial charge in [0, 0.05) is 29.1 Å². The first-order valence-corrected chi connectivity index (χ1v) is 11.6. The van der Waals surface area contributed by atoms with Crippen molar-refractivity contribution in [2.75, 3.05) is 13.1 Å². The molecule has 0 unspecified atom stereocenters. The van der Waals surface area contributed by atoms with E-state index in [1.807, 2.05) is 34.7 Å². The molecule has 1 fully saturated rings. The third-order valence-corrected chi connectivity index (χ3v) is 6.99. The highest BCUT2D eigenvalue weighted by molar-refractivity contribution is 7.98. The van der Waals surface area contributed by atoms with Gasteiger partial charge in [0.15, 0.2) is 0 Å². The number of rotatable bonds is 6. The molecule has 0 atom stereocenters. The van der Waals surface area contributed by atoms with Gasteiger partial charge in [-0.3, -0.25) is 4.79 Å². The van der Waals surface area contributed by atoms with Gasteiger partial charge in [0.05, 0.1) is 16.8 Å². The number of likely N-dealkylation sites (tertiary alicyclic amines) is 1. The molecule has 2 aromatic carbocycles. The SMILES string of the molecule is O=C(c1ccccc1SCc1cscn1)N1CCC(Cc2ccccc2)CC1. The smallest absolute Gasteiger partial charge is 0.254 e. The van der Waals surface area contributed by atoms with Crippen LogP contribution in [0.15, 0.2) is 70.4 Å². The number of hydrogen-bond donors (Lipinski definition) is 0. The molecule has 5 heteroatoms. The predicted octanol–water partition coefficient (Wildman–Crippen LogP) is 5.53. The van der Waals surface area contributed by atoms with Crippen LogP contribution in [0.3, 0.4) is 0 Å². The minimum Gasteiger partial charge on any atom is -0.339 e. The van der Waals surface area contributed by atoms with Crippen LogP contribution >= 0.6 is 23.1 Å². The lowest BCUT2D eigenvalue weighted by atomic mass is 9.90. The first-order chi connectivity index (χ1) is 13.8. The summed E-state index contributed by atoms with van der Waals surface area (Å²) in [4.78, 5) is 20.6. The highest BCUT2D eigenvalue weighted by Crippen LogP contribution is 2.29. The molecular weight excluding hydrogens is 384 g/mol. The maximum Gasteiger partial charge on any atom is 0.254 e. The largest absolute Gasteiger partial charge is 0.339 e. The zero-order valence-electron chi connectivity index (χ0n) is 15.8. The Balaban J connectivity index is 1.36. The topological polar surface area (TPSA) is 33.2 Å². The summed E-state index contributed by atoms with van der Waals surface area (Å²) in [6.45, 7) is 1.70. The number of hydrogen-bond acceptors (Lipinski definition) is 4. The van der Waals surface area contributed by atoms with Crippen molar-refractivity contribution in [3.8, 4) is 0 Å². The number of nitrogens with zero attached hydrogens (tertiary/aromatic N) is 2. The molecule has 1 aliphatic heterocycles. The van der Waals surface area contributed by atoms with Crippen molar-refractivity contribution in [1.29, 1.82) is 0 Å². The number of carbonyl (C=O) groups is 1. The second-order valence-corrected chi connectivity index (χ2v) is 8.93. The second-order valence-electron chi connectivity index (χ2n) is 7.19. The molecule has 1 aliphatic rings. The Morgan fingerprint density at radius 1 is 1.07 bits per heavy atom. The molecule has 28 heavy (non-hydrogen) atoms. The van der Waals surface area contributed by atoms with Gasteiger partial charge in [-0.2, -0.15) is 0 Å². The van der Waals surface area contributed by atoms with E-state index in [0.29, 0.717) is 5.92 Å². The maximum absolute atomic E-state index is 13.1. The maximum atomic E-state index is 13.1. The number of thioether (sulfide) groups is 1. The molecule has 1 saturated heterocycles. The number of thiazole rings is 1. The quantitative estimate of drug-likeness (QED) is 0.503.